The molecule has 658 valence electrons. The van der Waals surface area contributed by atoms with Gasteiger partial charge in [-0.15, -0.1) is 0 Å². The number of aromatic nitrogens is 2. The molecule has 2 aliphatic heterocycles. The van der Waals surface area contributed by atoms with E-state index in [1.165, 1.54) is 12.5 Å². The predicted octanol–water partition coefficient (Wildman–Crippen LogP) is -5.62. The van der Waals surface area contributed by atoms with Crippen molar-refractivity contribution in [2.24, 2.45) is 40.9 Å². The molecule has 2 saturated heterocycles. The van der Waals surface area contributed by atoms with Gasteiger partial charge in [-0.05, 0) is 79.9 Å². The number of H-pyrrole nitrogens is 1. The number of aliphatic carboxylic acids is 2. The zero-order valence-corrected chi connectivity index (χ0v) is 68.0. The summed E-state index contributed by atoms with van der Waals surface area (Å²) in [4.78, 5) is 230. The van der Waals surface area contributed by atoms with Crippen LogP contribution in [0.15, 0.2) is 73.2 Å². The molecule has 3 heterocycles. The van der Waals surface area contributed by atoms with Crippen LogP contribution in [0.4, 0.5) is 0 Å². The normalized spacial score (nSPS) is 19.5. The van der Waals surface area contributed by atoms with E-state index in [1.54, 1.807) is 116 Å². The molecule has 3 aromatic rings. The molecule has 41 nitrogen and oxygen atoms in total. The Balaban J connectivity index is 1.40. The lowest BCUT2D eigenvalue weighted by molar-refractivity contribution is -0.236. The first-order valence-electron chi connectivity index (χ1n) is 39.7. The zero-order valence-electron chi connectivity index (χ0n) is 68.0. The number of unbranched alkanes of at least 4 members (excludes halogenated alkanes) is 1. The van der Waals surface area contributed by atoms with Gasteiger partial charge < -0.3 is 126 Å². The smallest absolute Gasteiger partial charge is 0.305 e. The molecule has 119 heavy (non-hydrogen) atoms. The van der Waals surface area contributed by atoms with Gasteiger partial charge in [0.2, 0.25) is 82.7 Å². The van der Waals surface area contributed by atoms with Crippen LogP contribution in [0.2, 0.25) is 0 Å². The summed E-state index contributed by atoms with van der Waals surface area (Å²) in [7, 11) is 0. The minimum absolute atomic E-state index is 0.0153. The van der Waals surface area contributed by atoms with E-state index in [-0.39, 0.29) is 64.6 Å². The second-order valence-corrected chi connectivity index (χ2v) is 30.7. The van der Waals surface area contributed by atoms with Crippen LogP contribution in [0.3, 0.4) is 0 Å². The second-order valence-electron chi connectivity index (χ2n) is 30.7. The minimum atomic E-state index is -1.95. The second kappa shape index (κ2) is 48.7. The maximum Gasteiger partial charge on any atom is 0.305 e. The Labute approximate surface area is 688 Å². The van der Waals surface area contributed by atoms with Crippen molar-refractivity contribution in [3.05, 3.63) is 90.0 Å². The molecule has 0 saturated carbocycles. The number of amides is 14. The average molecular weight is 1680 g/mol. The fraction of sp³-hybridized carbons (Fsp3) is 0.603. The molecule has 18 atom stereocenters. The summed E-state index contributed by atoms with van der Waals surface area (Å²) < 4.78 is 5.38. The van der Waals surface area contributed by atoms with E-state index in [9.17, 15) is 87.9 Å². The average Bonchev–Trinajstić information content (AvgIpc) is 1.80. The Morgan fingerprint density at radius 1 is 0.546 bits per heavy atom. The van der Waals surface area contributed by atoms with Crippen molar-refractivity contribution in [2.75, 3.05) is 26.2 Å². The highest BCUT2D eigenvalue weighted by atomic mass is 16.6. The molecule has 2 fully saturated rings. The van der Waals surface area contributed by atoms with Crippen LogP contribution in [0, 0.1) is 23.7 Å². The highest BCUT2D eigenvalue weighted by molar-refractivity contribution is 6.01. The monoisotopic (exact) mass is 1670 g/mol. The predicted molar refractivity (Wildman–Crippen MR) is 424 cm³/mol. The van der Waals surface area contributed by atoms with Crippen molar-refractivity contribution in [2.45, 2.75) is 248 Å². The number of imidazole rings is 1. The lowest BCUT2D eigenvalue weighted by atomic mass is 9.96. The fourth-order valence-electron chi connectivity index (χ4n) is 13.2. The number of ether oxygens (including phenoxy) is 1. The molecule has 2 aliphatic rings. The molecule has 1 aromatic heterocycles. The number of rotatable bonds is 49. The van der Waals surface area contributed by atoms with Crippen LogP contribution in [0.1, 0.15) is 143 Å². The molecule has 5 rings (SSSR count). The first-order valence-corrected chi connectivity index (χ1v) is 39.7. The molecule has 0 bridgehead atoms. The molecule has 25 N–H and O–H groups in total. The molecular formula is C78H118N18O23. The van der Waals surface area contributed by atoms with Gasteiger partial charge in [0, 0.05) is 50.7 Å². The van der Waals surface area contributed by atoms with Crippen molar-refractivity contribution in [3.63, 3.8) is 0 Å². The lowest BCUT2D eigenvalue weighted by Crippen LogP contribution is -2.64. The first-order chi connectivity index (χ1) is 56.3. The number of nitrogens with zero attached hydrogens (tertiary/aromatic N) is 2. The molecule has 1 unspecified atom stereocenters. The summed E-state index contributed by atoms with van der Waals surface area (Å²) in [5.74, 6) is -18.5. The van der Waals surface area contributed by atoms with E-state index < -0.39 is 260 Å². The fourth-order valence-corrected chi connectivity index (χ4v) is 13.2. The van der Waals surface area contributed by atoms with E-state index in [4.69, 9.17) is 27.0 Å². The Morgan fingerprint density at radius 3 is 1.54 bits per heavy atom. The number of benzene rings is 2. The Morgan fingerprint density at radius 2 is 1.03 bits per heavy atom. The Hall–Kier alpha value is -11.1. The van der Waals surface area contributed by atoms with Crippen LogP contribution in [0.5, 0.6) is 0 Å². The third-order valence-corrected chi connectivity index (χ3v) is 20.3. The van der Waals surface area contributed by atoms with Crippen molar-refractivity contribution in [1.82, 2.24) is 78.7 Å². The number of hydrogen-bond acceptors (Lipinski definition) is 24. The summed E-state index contributed by atoms with van der Waals surface area (Å²) in [5.41, 5.74) is 18.8. The number of carboxylic acids is 2. The summed E-state index contributed by atoms with van der Waals surface area (Å²) >= 11 is 0. The van der Waals surface area contributed by atoms with Gasteiger partial charge >= 0.3 is 11.9 Å². The van der Waals surface area contributed by atoms with Gasteiger partial charge in [-0.1, -0.05) is 122 Å². The summed E-state index contributed by atoms with van der Waals surface area (Å²) in [6.07, 6.45) is -9.15. The number of primary amides is 1. The highest BCUT2D eigenvalue weighted by Crippen LogP contribution is 2.24. The number of nitrogens with two attached hydrogens (primary N) is 3. The summed E-state index contributed by atoms with van der Waals surface area (Å²) in [5, 5.41) is 90.4. The number of hydrogen-bond donors (Lipinski definition) is 22. The topological polar surface area (TPSA) is 658 Å². The van der Waals surface area contributed by atoms with E-state index in [2.05, 4.69) is 73.8 Å². The Bertz CT molecular complexity index is 3920. The van der Waals surface area contributed by atoms with E-state index >= 15 is 14.4 Å². The highest BCUT2D eigenvalue weighted by Gasteiger charge is 2.47. The largest absolute Gasteiger partial charge is 0.481 e. The molecule has 0 aliphatic carbocycles. The maximum atomic E-state index is 15.2. The van der Waals surface area contributed by atoms with Crippen LogP contribution >= 0.6 is 0 Å². The maximum absolute atomic E-state index is 15.2. The van der Waals surface area contributed by atoms with Gasteiger partial charge in [-0.25, -0.2) is 4.98 Å². The van der Waals surface area contributed by atoms with Crippen LogP contribution in [0.25, 0.3) is 0 Å². The van der Waals surface area contributed by atoms with Gasteiger partial charge in [-0.2, -0.15) is 0 Å². The third kappa shape index (κ3) is 31.3. The van der Waals surface area contributed by atoms with Gasteiger partial charge in [0.05, 0.1) is 38.2 Å². The third-order valence-electron chi connectivity index (χ3n) is 20.3. The molecule has 2 aromatic carbocycles. The number of carbonyl (C=O) groups excluding carboxylic acids is 14. The van der Waals surface area contributed by atoms with E-state index in [1.807, 2.05) is 0 Å². The van der Waals surface area contributed by atoms with Crippen LogP contribution in [-0.2, 0) is 101 Å². The number of aliphatic hydroxyl groups excluding tert-OH is 4. The number of aromatic amines is 1. The Kier molecular flexibility index (Phi) is 40.3. The van der Waals surface area contributed by atoms with Crippen LogP contribution in [-0.4, -0.2) is 270 Å². The van der Waals surface area contributed by atoms with E-state index in [0.29, 0.717) is 29.7 Å². The van der Waals surface area contributed by atoms with Gasteiger partial charge in [0.15, 0.2) is 6.23 Å². The van der Waals surface area contributed by atoms with Crippen molar-refractivity contribution < 1.29 is 112 Å². The lowest BCUT2D eigenvalue weighted by Gasteiger charge is -2.40. The minimum Gasteiger partial charge on any atom is -0.481 e. The van der Waals surface area contributed by atoms with Gasteiger partial charge in [0.1, 0.15) is 90.9 Å². The molecule has 41 heteroatoms. The van der Waals surface area contributed by atoms with Crippen molar-refractivity contribution >= 4 is 94.6 Å². The van der Waals surface area contributed by atoms with Gasteiger partial charge in [-0.3, -0.25) is 76.7 Å². The molecule has 14 amide bonds. The van der Waals surface area contributed by atoms with Crippen molar-refractivity contribution in [1.29, 1.82) is 0 Å². The van der Waals surface area contributed by atoms with Gasteiger partial charge in [0.25, 0.3) is 0 Å². The van der Waals surface area contributed by atoms with Crippen LogP contribution < -0.4 is 81.0 Å². The zero-order chi connectivity index (χ0) is 88.5. The van der Waals surface area contributed by atoms with Crippen molar-refractivity contribution in [3.8, 4) is 0 Å². The molecule has 0 radical (unpaired) electrons. The number of nitrogens with one attached hydrogen (secondary N) is 13. The SMILES string of the molecule is CC[C@H](C)[C@H](NC(=O)[C@H](CC(N)=O)NC(=O)[C@H](CCCCN)NC(=O)[C@H](Cc1ccccc1)NC(=O)[C@H](Cc1ccccc1)NC(=O)[C@H](Cc1cnc[nH]1)NC(=O)[C@@H](NC(=O)[C@@H](NC(=O)[C@@H]1CCCN1C(=O)[C@H](CC(=O)NC1O[C@H](CO)[C@@H](O)[C@H](O)[C@H]1O)NC(=O)[C@@H](N)CCC(=O)O)C(C)C)C(C)C)C(=O)N[C@H](C(=O)NCCC(=O)O)C(C)C. The number of carboxylic acid groups (broad SMARTS) is 2. The standard InChI is InChI=1S/C78H118N18O23/c1-9-42(8)62(76(117)93-59(39(2)3)73(114)83-29-27-58(102)103)95-71(112)51(34-55(81)98)88-67(108)47(23-16-17-28-79)85-68(109)48(31-43-19-12-10-13-20-43)86-69(110)49(32-44-21-14-11-15-22-44)87-70(111)50(33-45-36-82-38-84-45)89-74(115)60(40(4)5)94-75(116)61(41(6)7)92-72(113)53-24-18-30-96(53)78(118)52(90-66(107)46(80)25-26-57(100)101)35-56(99)91-77-65(106)64(105)63(104)54(37-97)119-77/h10-15,19-22,36,38-42,46-54,59-65,77,97,104-106H,9,16-18,23-35,37,79-80H2,1-8H3,(H2,81,98)(H,82,84)(H,83,114)(H,85,109)(H,86,110)(H,87,111)(H,88,108)(H,89,115)(H,90,107)(H,91,99)(H,92,113)(H,93,117)(H,94,116)(H,95,112)(H,100,101)(H,102,103)/t42-,46-,47-,48-,49-,50-,51-,52-,53-,54+,59-,60-,61-,62-,63+,64-,65+,77?/m0/s1. The number of carbonyl (C=O) groups is 16. The number of likely N-dealkylation sites (tertiary alicyclic amines) is 1. The molecular weight excluding hydrogens is 1560 g/mol. The number of aliphatic hydroxyl groups is 4. The quantitative estimate of drug-likeness (QED) is 0.0234. The first kappa shape index (κ1) is 98.5. The molecule has 0 spiro atoms. The summed E-state index contributed by atoms with van der Waals surface area (Å²) in [6.45, 7) is 11.8. The van der Waals surface area contributed by atoms with E-state index in [0.717, 1.165) is 4.90 Å². The summed E-state index contributed by atoms with van der Waals surface area (Å²) in [6, 6.07) is -1.40.